The Morgan fingerprint density at radius 3 is 2.80 bits per heavy atom. The molecule has 0 amide bonds. The van der Waals surface area contributed by atoms with Gasteiger partial charge in [-0.05, 0) is 43.2 Å². The molecule has 4 nitrogen and oxygen atoms in total. The summed E-state index contributed by atoms with van der Waals surface area (Å²) in [5, 5.41) is 11.0. The van der Waals surface area contributed by atoms with E-state index in [1.807, 2.05) is 44.2 Å². The summed E-state index contributed by atoms with van der Waals surface area (Å²) in [5.74, 6) is 0.186. The number of thiazole rings is 1. The smallest absolute Gasteiger partial charge is 0.193 e. The Labute approximate surface area is 151 Å². The molecule has 0 saturated carbocycles. The van der Waals surface area contributed by atoms with Crippen molar-refractivity contribution in [1.29, 1.82) is 0 Å². The van der Waals surface area contributed by atoms with E-state index in [4.69, 9.17) is 4.42 Å². The third-order valence-corrected chi connectivity index (χ3v) is 5.97. The number of aliphatic hydroxyl groups is 1. The number of aromatic nitrogens is 1. The fourth-order valence-electron chi connectivity index (χ4n) is 2.77. The number of nitrogens with zero attached hydrogens (tertiary/aromatic N) is 1. The summed E-state index contributed by atoms with van der Waals surface area (Å²) in [5.41, 5.74) is 3.13. The standard InChI is InChI=1S/C19H15NO3S2/c1-10-7-11(2)17-12(8-10)14(21)9-15(23-17)18(22)25-19-20-13-5-3-4-6-16(13)24-19/h3-9,22,25H,1-2H3. The Morgan fingerprint density at radius 1 is 1.20 bits per heavy atom. The van der Waals surface area contributed by atoms with Gasteiger partial charge in [-0.15, -0.1) is 22.7 Å². The van der Waals surface area contributed by atoms with Gasteiger partial charge in [0.15, 0.2) is 11.2 Å². The van der Waals surface area contributed by atoms with Crippen molar-refractivity contribution >= 4 is 48.9 Å². The topological polar surface area (TPSA) is 63.3 Å². The summed E-state index contributed by atoms with van der Waals surface area (Å²) in [6.07, 6.45) is 0. The summed E-state index contributed by atoms with van der Waals surface area (Å²) in [4.78, 5) is 16.9. The number of hydrogen-bond donors (Lipinski definition) is 2. The van der Waals surface area contributed by atoms with Crippen molar-refractivity contribution in [3.63, 3.8) is 0 Å². The molecule has 4 aromatic rings. The van der Waals surface area contributed by atoms with Crippen LogP contribution in [0.3, 0.4) is 0 Å². The Morgan fingerprint density at radius 2 is 2.00 bits per heavy atom. The summed E-state index contributed by atoms with van der Waals surface area (Å²) in [6.45, 7) is 3.83. The molecule has 0 spiro atoms. The Hall–Kier alpha value is -2.28. The maximum absolute atomic E-state index is 12.4. The second-order valence-corrected chi connectivity index (χ2v) is 8.24. The van der Waals surface area contributed by atoms with Gasteiger partial charge in [0.1, 0.15) is 15.0 Å². The highest BCUT2D eigenvalue weighted by Crippen LogP contribution is 2.27. The van der Waals surface area contributed by atoms with Crippen molar-refractivity contribution in [1.82, 2.24) is 4.98 Å². The van der Waals surface area contributed by atoms with Gasteiger partial charge in [-0.25, -0.2) is 4.98 Å². The molecule has 25 heavy (non-hydrogen) atoms. The van der Waals surface area contributed by atoms with Crippen LogP contribution in [0.5, 0.6) is 0 Å². The predicted octanol–water partition coefficient (Wildman–Crippen LogP) is 4.58. The van der Waals surface area contributed by atoms with Crippen molar-refractivity contribution in [2.45, 2.75) is 18.2 Å². The van der Waals surface area contributed by atoms with Crippen molar-refractivity contribution in [2.24, 2.45) is 0 Å². The van der Waals surface area contributed by atoms with E-state index in [0.717, 1.165) is 25.7 Å². The van der Waals surface area contributed by atoms with Gasteiger partial charge in [-0.2, -0.15) is 0 Å². The number of aliphatic hydroxyl groups excluding tert-OH is 1. The van der Waals surface area contributed by atoms with Crippen LogP contribution in [-0.2, 0) is 0 Å². The number of fused-ring (bicyclic) bond motifs is 2. The Balaban J connectivity index is 1.84. The van der Waals surface area contributed by atoms with Crippen LogP contribution in [0.25, 0.3) is 21.2 Å². The van der Waals surface area contributed by atoms with E-state index in [9.17, 15) is 9.90 Å². The van der Waals surface area contributed by atoms with Gasteiger partial charge >= 0.3 is 0 Å². The molecule has 2 aromatic heterocycles. The highest BCUT2D eigenvalue weighted by atomic mass is 32.2. The van der Waals surface area contributed by atoms with E-state index < -0.39 is 0 Å². The first-order chi connectivity index (χ1) is 12.0. The zero-order chi connectivity index (χ0) is 17.6. The molecule has 2 heterocycles. The van der Waals surface area contributed by atoms with Crippen LogP contribution in [0.2, 0.25) is 0 Å². The van der Waals surface area contributed by atoms with Crippen molar-refractivity contribution < 1.29 is 9.52 Å². The molecule has 126 valence electrons. The van der Waals surface area contributed by atoms with Crippen molar-refractivity contribution in [3.8, 4) is 0 Å². The maximum atomic E-state index is 12.4. The molecule has 0 bridgehead atoms. The van der Waals surface area contributed by atoms with E-state index in [-0.39, 0.29) is 16.2 Å². The molecule has 0 fully saturated rings. The molecule has 0 radical (unpaired) electrons. The first-order valence-electron chi connectivity index (χ1n) is 7.70. The van der Waals surface area contributed by atoms with E-state index in [2.05, 4.69) is 4.98 Å². The number of para-hydroxylation sites is 1. The Kier molecular flexibility index (Phi) is 4.03. The lowest BCUT2D eigenvalue weighted by molar-refractivity contribution is 0.517. The molecule has 0 saturated heterocycles. The minimum absolute atomic E-state index is 0.0157. The highest BCUT2D eigenvalue weighted by Gasteiger charge is 2.11. The van der Waals surface area contributed by atoms with E-state index in [1.165, 1.54) is 17.4 Å². The zero-order valence-corrected chi connectivity index (χ0v) is 15.3. The molecular formula is C19H15NO3S2. The monoisotopic (exact) mass is 369 g/mol. The van der Waals surface area contributed by atoms with Gasteiger partial charge in [0.2, 0.25) is 0 Å². The van der Waals surface area contributed by atoms with Crippen LogP contribution in [0, 0.1) is 13.8 Å². The third kappa shape index (κ3) is 3.04. The largest absolute Gasteiger partial charge is 0.453 e. The highest BCUT2D eigenvalue weighted by molar-refractivity contribution is 8.00. The van der Waals surface area contributed by atoms with Crippen LogP contribution in [0.15, 0.2) is 56.0 Å². The van der Waals surface area contributed by atoms with E-state index >= 15 is 0 Å². The lowest BCUT2D eigenvalue weighted by Gasteiger charge is -2.05. The lowest BCUT2D eigenvalue weighted by Crippen LogP contribution is -2.07. The van der Waals surface area contributed by atoms with Gasteiger partial charge in [-0.3, -0.25) is 4.79 Å². The normalized spacial score (nSPS) is 12.5. The predicted molar refractivity (Wildman–Crippen MR) is 106 cm³/mol. The molecule has 4 rings (SSSR count). The molecule has 2 aromatic carbocycles. The fraction of sp³-hybridized carbons (Fsp3) is 0.105. The Bertz CT molecular complexity index is 1170. The van der Waals surface area contributed by atoms with Crippen LogP contribution in [0.1, 0.15) is 16.9 Å². The van der Waals surface area contributed by atoms with Crippen molar-refractivity contribution in [3.05, 3.63) is 69.6 Å². The third-order valence-electron chi connectivity index (χ3n) is 3.86. The molecule has 1 N–H and O–H groups in total. The number of hydrogen-bond acceptors (Lipinski definition) is 4. The van der Waals surface area contributed by atoms with Gasteiger partial charge in [-0.1, -0.05) is 18.2 Å². The molecule has 0 unspecified atom stereocenters. The lowest BCUT2D eigenvalue weighted by atomic mass is 10.1. The molecule has 0 aliphatic heterocycles. The van der Waals surface area contributed by atoms with Crippen LogP contribution >= 0.6 is 22.7 Å². The second kappa shape index (κ2) is 6.22. The minimum atomic E-state index is -0.158. The zero-order valence-electron chi connectivity index (χ0n) is 13.6. The molecule has 6 heteroatoms. The fourth-order valence-corrected chi connectivity index (χ4v) is 4.77. The molecule has 0 atom stereocenters. The van der Waals surface area contributed by atoms with Gasteiger partial charge in [0.05, 0.1) is 15.6 Å². The minimum Gasteiger partial charge on any atom is -0.453 e. The second-order valence-electron chi connectivity index (χ2n) is 5.83. The average molecular weight is 369 g/mol. The first-order valence-corrected chi connectivity index (χ1v) is 9.41. The first kappa shape index (κ1) is 16.2. The molecule has 0 aliphatic carbocycles. The number of rotatable bonds is 2. The van der Waals surface area contributed by atoms with Gasteiger partial charge < -0.3 is 9.52 Å². The number of benzene rings is 2. The van der Waals surface area contributed by atoms with E-state index in [1.54, 1.807) is 6.07 Å². The SMILES string of the molecule is Cc1cc(C)c2oc(C(O)=[SH]c3nc4ccccc4s3)cc(=O)c2c1. The summed E-state index contributed by atoms with van der Waals surface area (Å²) in [6, 6.07) is 12.9. The number of aryl methyl sites for hydroxylation is 2. The summed E-state index contributed by atoms with van der Waals surface area (Å²) in [7, 11) is 0. The van der Waals surface area contributed by atoms with Crippen LogP contribution in [-0.4, -0.2) is 15.1 Å². The van der Waals surface area contributed by atoms with Crippen LogP contribution in [0.4, 0.5) is 0 Å². The van der Waals surface area contributed by atoms with Crippen molar-refractivity contribution in [2.75, 3.05) is 0 Å². The van der Waals surface area contributed by atoms with Gasteiger partial charge in [0.25, 0.3) is 0 Å². The van der Waals surface area contributed by atoms with Crippen LogP contribution < -0.4 is 5.43 Å². The summed E-state index contributed by atoms with van der Waals surface area (Å²) >= 11 is 2.03. The average Bonchev–Trinajstić information content (AvgIpc) is 2.97. The number of thiol groups is 1. The summed E-state index contributed by atoms with van der Waals surface area (Å²) < 4.78 is 7.63. The quantitative estimate of drug-likeness (QED) is 0.401. The molecular weight excluding hydrogens is 354 g/mol. The van der Waals surface area contributed by atoms with E-state index in [0.29, 0.717) is 22.3 Å². The molecule has 0 aliphatic rings. The maximum Gasteiger partial charge on any atom is 0.193 e. The van der Waals surface area contributed by atoms with Gasteiger partial charge in [0, 0.05) is 6.07 Å².